The maximum Gasteiger partial charge on any atom is 0.296 e. The number of aliphatic hydroxyl groups excluding tert-OH is 1. The number of nitrogen functional groups attached to an aromatic ring is 1. The van der Waals surface area contributed by atoms with Gasteiger partial charge in [-0.15, -0.1) is 0 Å². The number of Topliss-reactive ketones (excluding diaryl/α,β-unsaturated/α-hetero) is 1. The predicted octanol–water partition coefficient (Wildman–Crippen LogP) is 0.779. The topological polar surface area (TPSA) is 462 Å². The maximum atomic E-state index is 13.3. The number of aliphatic hydroxyl groups is 1. The van der Waals surface area contributed by atoms with E-state index in [4.69, 9.17) is 11.1 Å². The minimum Gasteiger partial charge on any atom is -0.397 e. The average Bonchev–Trinajstić information content (AvgIpc) is 3.17. The Hall–Kier alpha value is -5.14. The summed E-state index contributed by atoms with van der Waals surface area (Å²) in [7, 11) is -31.0. The summed E-state index contributed by atoms with van der Waals surface area (Å²) in [5, 5.41) is 24.8. The van der Waals surface area contributed by atoms with E-state index in [9.17, 15) is 87.7 Å². The van der Waals surface area contributed by atoms with Crippen molar-refractivity contribution in [2.45, 2.75) is 30.9 Å². The molecule has 2 atom stereocenters. The molecule has 3 aromatic carbocycles. The van der Waals surface area contributed by atoms with Gasteiger partial charge in [0.2, 0.25) is 5.78 Å². The number of ketones is 1. The van der Waals surface area contributed by atoms with E-state index in [1.54, 1.807) is 0 Å². The first-order chi connectivity index (χ1) is 30.2. The number of nitrogens with one attached hydrogen (secondary N) is 3. The van der Waals surface area contributed by atoms with Gasteiger partial charge in [-0.1, -0.05) is 36.4 Å². The molecule has 2 unspecified atom stereocenters. The Balaban J connectivity index is 0.00000840. The van der Waals surface area contributed by atoms with Gasteiger partial charge in [-0.2, -0.15) is 60.7 Å². The van der Waals surface area contributed by atoms with Gasteiger partial charge in [-0.25, -0.2) is 0 Å². The van der Waals surface area contributed by atoms with Gasteiger partial charge in [-0.05, 0) is 65.3 Å². The van der Waals surface area contributed by atoms with E-state index in [1.165, 1.54) is 0 Å². The monoisotopic (exact) mass is 1050 g/mol. The Morgan fingerprint density at radius 1 is 0.627 bits per heavy atom. The van der Waals surface area contributed by atoms with Crippen LogP contribution in [0, 0.1) is 5.41 Å². The molecular formula is C34H28N6NaO20S6. The molecule has 0 fully saturated rings. The SMILES string of the molecule is N=C1C(S(=O)(=O)O)=CC(S(=O)(=O)O)C2=C1C(O)/C(=N/Nc1ccc(/C=C/c3ccc(N/N=C4\C=Cc5c(S(=O)(=O)O)cc(S(=O)(=O)O)c(N)c5C4=O)cc3S(=O)(=O)O)c(S(=O)(=O)O)c1)C=C2.[Na]. The molecule has 0 amide bonds. The van der Waals surface area contributed by atoms with Crippen molar-refractivity contribution in [2.75, 3.05) is 16.6 Å². The van der Waals surface area contributed by atoms with Crippen molar-refractivity contribution in [1.29, 1.82) is 5.41 Å². The van der Waals surface area contributed by atoms with Crippen LogP contribution in [0.5, 0.6) is 0 Å². The first-order valence-electron chi connectivity index (χ1n) is 17.3. The van der Waals surface area contributed by atoms with Crippen LogP contribution in [0.1, 0.15) is 27.0 Å². The summed E-state index contributed by atoms with van der Waals surface area (Å²) in [6.45, 7) is 0. The summed E-state index contributed by atoms with van der Waals surface area (Å²) in [5.41, 5.74) is 3.97. The number of nitrogens with zero attached hydrogens (tertiary/aromatic N) is 2. The summed E-state index contributed by atoms with van der Waals surface area (Å²) in [4.78, 5) is 8.11. The van der Waals surface area contributed by atoms with Gasteiger partial charge in [0.25, 0.3) is 60.7 Å². The first-order valence-corrected chi connectivity index (χ1v) is 26.0. The largest absolute Gasteiger partial charge is 0.397 e. The molecule has 0 bridgehead atoms. The summed E-state index contributed by atoms with van der Waals surface area (Å²) in [6.07, 6.45) is 4.14. The van der Waals surface area contributed by atoms with Crippen LogP contribution >= 0.6 is 0 Å². The number of fused-ring (bicyclic) bond motifs is 1. The van der Waals surface area contributed by atoms with Gasteiger partial charge in [0.15, 0.2) is 0 Å². The van der Waals surface area contributed by atoms with Crippen LogP contribution in [-0.4, -0.2) is 147 Å². The Labute approximate surface area is 401 Å². The van der Waals surface area contributed by atoms with Crippen LogP contribution in [0.3, 0.4) is 0 Å². The number of allylic oxidation sites excluding steroid dienone is 3. The minimum absolute atomic E-state index is 0. The van der Waals surface area contributed by atoms with Crippen molar-refractivity contribution in [1.82, 2.24) is 0 Å². The normalized spacial score (nSPS) is 19.3. The van der Waals surface area contributed by atoms with Gasteiger partial charge in [0.1, 0.15) is 41.6 Å². The fourth-order valence-corrected chi connectivity index (χ4v) is 11.0. The fraction of sp³-hybridized carbons (Fsp3) is 0.0588. The molecular weight excluding hydrogens is 1030 g/mol. The minimum atomic E-state index is -5.25. The van der Waals surface area contributed by atoms with Crippen molar-refractivity contribution < 1.29 is 87.7 Å². The molecule has 0 saturated heterocycles. The van der Waals surface area contributed by atoms with Gasteiger partial charge < -0.3 is 10.8 Å². The molecule has 351 valence electrons. The Morgan fingerprint density at radius 3 is 1.58 bits per heavy atom. The van der Waals surface area contributed by atoms with Gasteiger partial charge in [0.05, 0.1) is 34.0 Å². The van der Waals surface area contributed by atoms with Gasteiger partial charge in [0, 0.05) is 40.7 Å². The first kappa shape index (κ1) is 52.8. The molecule has 0 aromatic heterocycles. The molecule has 3 aliphatic carbocycles. The van der Waals surface area contributed by atoms with E-state index < -0.39 is 147 Å². The summed E-state index contributed by atoms with van der Waals surface area (Å²) in [6, 6.07) is 6.39. The summed E-state index contributed by atoms with van der Waals surface area (Å²) >= 11 is 0. The molecule has 0 saturated carbocycles. The smallest absolute Gasteiger partial charge is 0.296 e. The molecule has 3 aromatic rings. The second-order valence-electron chi connectivity index (χ2n) is 13.7. The maximum absolute atomic E-state index is 13.3. The van der Waals surface area contributed by atoms with Crippen LogP contribution in [0.25, 0.3) is 18.2 Å². The Kier molecular flexibility index (Phi) is 14.5. The van der Waals surface area contributed by atoms with Crippen LogP contribution in [0.4, 0.5) is 17.1 Å². The zero-order chi connectivity index (χ0) is 49.3. The van der Waals surface area contributed by atoms with E-state index >= 15 is 0 Å². The molecule has 1 radical (unpaired) electrons. The molecule has 67 heavy (non-hydrogen) atoms. The van der Waals surface area contributed by atoms with Crippen molar-refractivity contribution in [3.05, 3.63) is 105 Å². The van der Waals surface area contributed by atoms with E-state index in [-0.39, 0.29) is 52.1 Å². The van der Waals surface area contributed by atoms with Crippen LogP contribution in [0.15, 0.2) is 113 Å². The van der Waals surface area contributed by atoms with Crippen LogP contribution < -0.4 is 16.6 Å². The third kappa shape index (κ3) is 11.1. The zero-order valence-electron chi connectivity index (χ0n) is 33.1. The number of hydrogen-bond donors (Lipinski definition) is 11. The summed E-state index contributed by atoms with van der Waals surface area (Å²) < 4.78 is 204. The van der Waals surface area contributed by atoms with E-state index in [2.05, 4.69) is 21.1 Å². The molecule has 3 aliphatic rings. The van der Waals surface area contributed by atoms with Gasteiger partial charge in [-0.3, -0.25) is 48.4 Å². The molecule has 0 heterocycles. The molecule has 0 spiro atoms. The summed E-state index contributed by atoms with van der Waals surface area (Å²) in [5.74, 6) is -1.22. The number of anilines is 3. The molecule has 12 N–H and O–H groups in total. The van der Waals surface area contributed by atoms with E-state index in [1.807, 2.05) is 0 Å². The van der Waals surface area contributed by atoms with Crippen molar-refractivity contribution in [3.8, 4) is 0 Å². The van der Waals surface area contributed by atoms with E-state index in [0.29, 0.717) is 12.1 Å². The Morgan fingerprint density at radius 2 is 1.12 bits per heavy atom. The van der Waals surface area contributed by atoms with Crippen LogP contribution in [0.2, 0.25) is 0 Å². The molecule has 6 rings (SSSR count). The van der Waals surface area contributed by atoms with Gasteiger partial charge >= 0.3 is 0 Å². The number of rotatable bonds is 12. The molecule has 0 aliphatic heterocycles. The number of benzene rings is 3. The van der Waals surface area contributed by atoms with Crippen LogP contribution in [-0.2, 0) is 60.7 Å². The van der Waals surface area contributed by atoms with Crippen molar-refractivity contribution in [3.63, 3.8) is 0 Å². The molecule has 26 nitrogen and oxygen atoms in total. The number of hydrogen-bond acceptors (Lipinski definition) is 20. The van der Waals surface area contributed by atoms with Crippen molar-refractivity contribution >= 4 is 148 Å². The van der Waals surface area contributed by atoms with Crippen molar-refractivity contribution in [2.24, 2.45) is 10.2 Å². The number of hydrazone groups is 2. The fourth-order valence-electron chi connectivity index (χ4n) is 6.51. The second-order valence-corrected chi connectivity index (χ2v) is 22.1. The third-order valence-corrected chi connectivity index (χ3v) is 15.0. The number of carbonyl (C=O) groups excluding carboxylic acids is 1. The second kappa shape index (κ2) is 18.4. The third-order valence-electron chi connectivity index (χ3n) is 9.42. The standard InChI is InChI=1S/C34H28N6O20S6.Na/c35-31-27(65(55,56)57)13-25(63(49,50)51)19-7-9-21(33(41)29(19)31)39-37-17-5-3-15(23(11-17)61(43,44)45)1-2-16-4-6-18(12-24(16)62(46,47)48)38-40-22-10-8-20-26(64(52,53)54)14-28(66(58,59)60)32(36)30(20)34(22)42;/h1-14,25,33,35,37-38,41H,36H2,(H,43,44,45)(H,46,47,48)(H,49,50,51)(H,52,53,54)(H,55,56,57)(H,58,59,60);/b2-1+,35-31?,39-21+,40-22+;. The Bertz CT molecular complexity index is 3660. The number of carbonyl (C=O) groups is 1. The number of nitrogens with two attached hydrogens (primary N) is 1. The predicted molar refractivity (Wildman–Crippen MR) is 238 cm³/mol. The molecule has 33 heteroatoms. The average molecular weight is 1060 g/mol. The quantitative estimate of drug-likeness (QED) is 0.0392. The zero-order valence-corrected chi connectivity index (χ0v) is 40.0. The van der Waals surface area contributed by atoms with E-state index in [0.717, 1.165) is 72.9 Å².